The molecule has 1 aromatic rings. The summed E-state index contributed by atoms with van der Waals surface area (Å²) in [5.74, 6) is 0.839. The molecule has 3 nitrogen and oxygen atoms in total. The molecule has 1 N–H and O–H groups in total. The van der Waals surface area contributed by atoms with Crippen LogP contribution in [0.3, 0.4) is 0 Å². The van der Waals surface area contributed by atoms with Crippen molar-refractivity contribution < 1.29 is 4.74 Å². The van der Waals surface area contributed by atoms with Crippen molar-refractivity contribution in [3.8, 4) is 11.8 Å². The molecule has 0 saturated heterocycles. The van der Waals surface area contributed by atoms with Crippen molar-refractivity contribution in [3.05, 3.63) is 28.8 Å². The van der Waals surface area contributed by atoms with Gasteiger partial charge >= 0.3 is 0 Å². The minimum Gasteiger partial charge on any atom is -0.496 e. The van der Waals surface area contributed by atoms with Gasteiger partial charge in [-0.05, 0) is 18.2 Å². The number of nitrogens with one attached hydrogen (secondary N) is 1. The van der Waals surface area contributed by atoms with E-state index in [-0.39, 0.29) is 5.41 Å². The van der Waals surface area contributed by atoms with Gasteiger partial charge in [0.15, 0.2) is 0 Å². The maximum absolute atomic E-state index is 8.50. The Labute approximate surface area is 114 Å². The summed E-state index contributed by atoms with van der Waals surface area (Å²) >= 11 is 6.04. The monoisotopic (exact) mass is 266 g/mol. The van der Waals surface area contributed by atoms with Crippen molar-refractivity contribution in [2.45, 2.75) is 25.7 Å². The number of hydrogen-bond donors (Lipinski definition) is 1. The van der Waals surface area contributed by atoms with Crippen molar-refractivity contribution >= 4 is 11.6 Å². The summed E-state index contributed by atoms with van der Waals surface area (Å²) in [7, 11) is 1.66. The first-order valence-corrected chi connectivity index (χ1v) is 6.31. The van der Waals surface area contributed by atoms with Gasteiger partial charge in [0.2, 0.25) is 0 Å². The fraction of sp³-hybridized carbons (Fsp3) is 0.500. The van der Waals surface area contributed by atoms with E-state index in [1.54, 1.807) is 7.11 Å². The molecule has 0 aliphatic rings. The van der Waals surface area contributed by atoms with Gasteiger partial charge in [-0.25, -0.2) is 0 Å². The number of rotatable bonds is 6. The Balaban J connectivity index is 2.83. The first kappa shape index (κ1) is 14.8. The zero-order valence-electron chi connectivity index (χ0n) is 11.1. The normalized spacial score (nSPS) is 11.1. The SMILES string of the molecule is COc1ccc(Cl)cc1C(C)(C)CNCCC#N. The van der Waals surface area contributed by atoms with Crippen molar-refractivity contribution in [2.75, 3.05) is 20.2 Å². The average Bonchev–Trinajstić information content (AvgIpc) is 2.35. The first-order valence-electron chi connectivity index (χ1n) is 5.93. The molecule has 0 aromatic heterocycles. The van der Waals surface area contributed by atoms with Crippen molar-refractivity contribution in [1.29, 1.82) is 5.26 Å². The molecular formula is C14H19ClN2O. The van der Waals surface area contributed by atoms with Gasteiger partial charge in [0, 0.05) is 35.5 Å². The molecule has 1 rings (SSSR count). The summed E-state index contributed by atoms with van der Waals surface area (Å²) in [5, 5.41) is 12.5. The number of benzene rings is 1. The predicted octanol–water partition coefficient (Wildman–Crippen LogP) is 3.13. The lowest BCUT2D eigenvalue weighted by atomic mass is 9.84. The van der Waals surface area contributed by atoms with E-state index in [1.807, 2.05) is 18.2 Å². The quantitative estimate of drug-likeness (QED) is 0.805. The van der Waals surface area contributed by atoms with E-state index in [0.717, 1.165) is 17.9 Å². The second kappa shape index (κ2) is 6.63. The first-order chi connectivity index (χ1) is 8.51. The van der Waals surface area contributed by atoms with Crippen LogP contribution in [0.4, 0.5) is 0 Å². The molecule has 0 aliphatic heterocycles. The maximum atomic E-state index is 8.50. The van der Waals surface area contributed by atoms with Crippen LogP contribution in [-0.4, -0.2) is 20.2 Å². The fourth-order valence-corrected chi connectivity index (χ4v) is 2.02. The van der Waals surface area contributed by atoms with Gasteiger partial charge in [-0.1, -0.05) is 25.4 Å². The molecule has 98 valence electrons. The van der Waals surface area contributed by atoms with Crippen LogP contribution in [0.2, 0.25) is 5.02 Å². The number of halogens is 1. The van der Waals surface area contributed by atoms with Gasteiger partial charge < -0.3 is 10.1 Å². The Morgan fingerprint density at radius 3 is 2.78 bits per heavy atom. The van der Waals surface area contributed by atoms with Gasteiger partial charge in [0.05, 0.1) is 13.2 Å². The lowest BCUT2D eigenvalue weighted by Crippen LogP contribution is -2.33. The summed E-state index contributed by atoms with van der Waals surface area (Å²) in [6, 6.07) is 7.76. The zero-order chi connectivity index (χ0) is 13.6. The Kier molecular flexibility index (Phi) is 5.46. The molecular weight excluding hydrogens is 248 g/mol. The van der Waals surface area contributed by atoms with Crippen molar-refractivity contribution in [3.63, 3.8) is 0 Å². The van der Waals surface area contributed by atoms with E-state index in [0.29, 0.717) is 18.0 Å². The summed E-state index contributed by atoms with van der Waals surface area (Å²) in [6.45, 7) is 5.72. The fourth-order valence-electron chi connectivity index (χ4n) is 1.85. The molecule has 0 bridgehead atoms. The number of nitrogens with zero attached hydrogens (tertiary/aromatic N) is 1. The maximum Gasteiger partial charge on any atom is 0.122 e. The Hall–Kier alpha value is -1.24. The van der Waals surface area contributed by atoms with Crippen LogP contribution >= 0.6 is 11.6 Å². The summed E-state index contributed by atoms with van der Waals surface area (Å²) < 4.78 is 5.38. The molecule has 0 aliphatic carbocycles. The molecule has 1 aromatic carbocycles. The third-order valence-electron chi connectivity index (χ3n) is 2.87. The van der Waals surface area contributed by atoms with Gasteiger partial charge in [0.1, 0.15) is 5.75 Å². The van der Waals surface area contributed by atoms with Crippen LogP contribution < -0.4 is 10.1 Å². The Bertz CT molecular complexity index is 438. The highest BCUT2D eigenvalue weighted by Crippen LogP contribution is 2.33. The largest absolute Gasteiger partial charge is 0.496 e. The number of nitriles is 1. The Morgan fingerprint density at radius 1 is 1.44 bits per heavy atom. The molecule has 18 heavy (non-hydrogen) atoms. The summed E-state index contributed by atoms with van der Waals surface area (Å²) in [5.41, 5.74) is 0.966. The van der Waals surface area contributed by atoms with Gasteiger partial charge in [-0.15, -0.1) is 0 Å². The van der Waals surface area contributed by atoms with Crippen LogP contribution in [0.15, 0.2) is 18.2 Å². The lowest BCUT2D eigenvalue weighted by Gasteiger charge is -2.27. The average molecular weight is 267 g/mol. The molecule has 0 unspecified atom stereocenters. The highest BCUT2D eigenvalue weighted by atomic mass is 35.5. The van der Waals surface area contributed by atoms with Crippen molar-refractivity contribution in [1.82, 2.24) is 5.32 Å². The standard InChI is InChI=1S/C14H19ClN2O/c1-14(2,10-17-8-4-7-16)12-9-11(15)5-6-13(12)18-3/h5-6,9,17H,4,8,10H2,1-3H3. The van der Waals surface area contributed by atoms with E-state index in [9.17, 15) is 0 Å². The molecule has 0 heterocycles. The van der Waals surface area contributed by atoms with Gasteiger partial charge in [0.25, 0.3) is 0 Å². The lowest BCUT2D eigenvalue weighted by molar-refractivity contribution is 0.386. The van der Waals surface area contributed by atoms with Gasteiger partial charge in [-0.3, -0.25) is 0 Å². The number of ether oxygens (including phenoxy) is 1. The number of methoxy groups -OCH3 is 1. The van der Waals surface area contributed by atoms with Crippen LogP contribution in [0.25, 0.3) is 0 Å². The van der Waals surface area contributed by atoms with Crippen LogP contribution in [0.5, 0.6) is 5.75 Å². The van der Waals surface area contributed by atoms with Crippen LogP contribution in [-0.2, 0) is 5.41 Å². The van der Waals surface area contributed by atoms with Crippen LogP contribution in [0, 0.1) is 11.3 Å². The molecule has 0 saturated carbocycles. The Morgan fingerprint density at radius 2 is 2.17 bits per heavy atom. The van der Waals surface area contributed by atoms with E-state index in [1.165, 1.54) is 0 Å². The molecule has 0 atom stereocenters. The molecule has 4 heteroatoms. The third-order valence-corrected chi connectivity index (χ3v) is 3.11. The number of hydrogen-bond acceptors (Lipinski definition) is 3. The predicted molar refractivity (Wildman–Crippen MR) is 74.1 cm³/mol. The summed E-state index contributed by atoms with van der Waals surface area (Å²) in [4.78, 5) is 0. The van der Waals surface area contributed by atoms with Gasteiger partial charge in [-0.2, -0.15) is 5.26 Å². The molecule has 0 radical (unpaired) electrons. The zero-order valence-corrected chi connectivity index (χ0v) is 11.8. The summed E-state index contributed by atoms with van der Waals surface area (Å²) in [6.07, 6.45) is 0.517. The molecule has 0 amide bonds. The highest BCUT2D eigenvalue weighted by molar-refractivity contribution is 6.30. The topological polar surface area (TPSA) is 45.0 Å². The van der Waals surface area contributed by atoms with Crippen LogP contribution in [0.1, 0.15) is 25.8 Å². The second-order valence-corrected chi connectivity index (χ2v) is 5.25. The van der Waals surface area contributed by atoms with Crippen molar-refractivity contribution in [2.24, 2.45) is 0 Å². The van der Waals surface area contributed by atoms with E-state index >= 15 is 0 Å². The van der Waals surface area contributed by atoms with E-state index in [4.69, 9.17) is 21.6 Å². The third kappa shape index (κ3) is 3.90. The minimum absolute atomic E-state index is 0.105. The highest BCUT2D eigenvalue weighted by Gasteiger charge is 2.24. The molecule has 0 spiro atoms. The second-order valence-electron chi connectivity index (χ2n) is 4.81. The smallest absolute Gasteiger partial charge is 0.122 e. The molecule has 0 fully saturated rings. The van der Waals surface area contributed by atoms with E-state index < -0.39 is 0 Å². The van der Waals surface area contributed by atoms with E-state index in [2.05, 4.69) is 25.2 Å². The minimum atomic E-state index is -0.105.